The summed E-state index contributed by atoms with van der Waals surface area (Å²) in [5.74, 6) is -0.0772. The van der Waals surface area contributed by atoms with Crippen molar-refractivity contribution in [3.8, 4) is 0 Å². The molecule has 2 aromatic carbocycles. The Morgan fingerprint density at radius 2 is 1.58 bits per heavy atom. The predicted molar refractivity (Wildman–Crippen MR) is 147 cm³/mol. The topological polar surface area (TPSA) is 71.1 Å². The molecule has 1 fully saturated rings. The summed E-state index contributed by atoms with van der Waals surface area (Å²) in [5.41, 5.74) is 2.44. The van der Waals surface area contributed by atoms with Crippen molar-refractivity contribution in [2.45, 2.75) is 44.5 Å². The van der Waals surface area contributed by atoms with E-state index in [4.69, 9.17) is 18.9 Å². The second kappa shape index (κ2) is 9.62. The Hall–Kier alpha value is -3.58. The van der Waals surface area contributed by atoms with Crippen LogP contribution in [0.4, 0.5) is 0 Å². The normalized spacial score (nSPS) is 28.3. The number of benzene rings is 2. The van der Waals surface area contributed by atoms with Crippen molar-refractivity contribution < 1.29 is 28.5 Å². The SMILES string of the molecule is COC(=O)/C1=C(\C(=O)OC)[C@@]2(c3ccccc3)O/C(=C([Si](C)(C)C)\C(OC)=C3\CCC[C@H]13)c1ccccc12. The number of ether oxygens (including phenoxy) is 4. The fourth-order valence-electron chi connectivity index (χ4n) is 6.34. The Bertz CT molecular complexity index is 1390. The maximum atomic E-state index is 13.9. The van der Waals surface area contributed by atoms with Crippen molar-refractivity contribution >= 4 is 25.8 Å². The molecule has 3 aliphatic rings. The molecule has 0 saturated heterocycles. The Kier molecular flexibility index (Phi) is 6.59. The largest absolute Gasteiger partial charge is 0.497 e. The molecule has 2 heterocycles. The van der Waals surface area contributed by atoms with E-state index >= 15 is 0 Å². The van der Waals surface area contributed by atoms with E-state index in [1.807, 2.05) is 54.6 Å². The molecule has 7 heteroatoms. The van der Waals surface area contributed by atoms with Crippen LogP contribution in [0.2, 0.25) is 19.6 Å². The number of carbonyl (C=O) groups is 2. The third-order valence-corrected chi connectivity index (χ3v) is 9.76. The smallest absolute Gasteiger partial charge is 0.339 e. The summed E-state index contributed by atoms with van der Waals surface area (Å²) in [6.45, 7) is 6.79. The summed E-state index contributed by atoms with van der Waals surface area (Å²) in [7, 11) is 2.24. The molecule has 0 N–H and O–H groups in total. The Morgan fingerprint density at radius 3 is 2.21 bits per heavy atom. The summed E-state index contributed by atoms with van der Waals surface area (Å²) >= 11 is 0. The van der Waals surface area contributed by atoms with Crippen LogP contribution in [0.5, 0.6) is 0 Å². The van der Waals surface area contributed by atoms with Gasteiger partial charge >= 0.3 is 11.9 Å². The Morgan fingerprint density at radius 1 is 0.921 bits per heavy atom. The van der Waals surface area contributed by atoms with E-state index < -0.39 is 25.6 Å². The highest BCUT2D eigenvalue weighted by molar-refractivity contribution is 6.84. The molecule has 0 amide bonds. The first-order valence-corrected chi connectivity index (χ1v) is 16.5. The number of fused-ring (bicyclic) bond motifs is 6. The average molecular weight is 531 g/mol. The summed E-state index contributed by atoms with van der Waals surface area (Å²) < 4.78 is 24.2. The highest BCUT2D eigenvalue weighted by atomic mass is 28.3. The van der Waals surface area contributed by atoms with Crippen LogP contribution in [0.25, 0.3) is 5.76 Å². The van der Waals surface area contributed by atoms with E-state index in [0.29, 0.717) is 12.2 Å². The third-order valence-electron chi connectivity index (χ3n) is 7.81. The molecule has 1 aliphatic carbocycles. The maximum absolute atomic E-state index is 13.9. The van der Waals surface area contributed by atoms with Crippen molar-refractivity contribution in [3.05, 3.63) is 99.0 Å². The van der Waals surface area contributed by atoms with E-state index in [9.17, 15) is 9.59 Å². The first-order chi connectivity index (χ1) is 18.2. The van der Waals surface area contributed by atoms with Gasteiger partial charge in [-0.05, 0) is 24.8 Å². The van der Waals surface area contributed by atoms with Gasteiger partial charge in [-0.2, -0.15) is 0 Å². The van der Waals surface area contributed by atoms with Crippen LogP contribution in [0.3, 0.4) is 0 Å². The minimum atomic E-state index is -2.13. The Labute approximate surface area is 224 Å². The Balaban J connectivity index is 2.08. The lowest BCUT2D eigenvalue weighted by Crippen LogP contribution is -2.37. The molecule has 0 aromatic heterocycles. The monoisotopic (exact) mass is 530 g/mol. The summed E-state index contributed by atoms with van der Waals surface area (Å²) in [5, 5.41) is 1.04. The summed E-state index contributed by atoms with van der Waals surface area (Å²) in [4.78, 5) is 27.7. The number of esters is 2. The number of allylic oxidation sites excluding steroid dienone is 2. The van der Waals surface area contributed by atoms with Gasteiger partial charge in [0.15, 0.2) is 5.60 Å². The summed E-state index contributed by atoms with van der Waals surface area (Å²) in [6.07, 6.45) is 2.31. The van der Waals surface area contributed by atoms with E-state index in [2.05, 4.69) is 19.6 Å². The molecule has 2 bridgehead atoms. The average Bonchev–Trinajstić information content (AvgIpc) is 3.53. The van der Waals surface area contributed by atoms with Crippen LogP contribution in [-0.4, -0.2) is 41.3 Å². The zero-order chi connectivity index (χ0) is 27.2. The number of hydrogen-bond donors (Lipinski definition) is 0. The van der Waals surface area contributed by atoms with Gasteiger partial charge in [0.05, 0.1) is 35.0 Å². The van der Waals surface area contributed by atoms with Crippen molar-refractivity contribution in [1.29, 1.82) is 0 Å². The number of rotatable bonds is 5. The van der Waals surface area contributed by atoms with Crippen LogP contribution in [0, 0.1) is 5.92 Å². The van der Waals surface area contributed by atoms with Gasteiger partial charge in [-0.3, -0.25) is 0 Å². The van der Waals surface area contributed by atoms with Gasteiger partial charge in [-0.1, -0.05) is 74.2 Å². The van der Waals surface area contributed by atoms with E-state index in [1.54, 1.807) is 7.11 Å². The van der Waals surface area contributed by atoms with Gasteiger partial charge in [0.25, 0.3) is 0 Å². The minimum absolute atomic E-state index is 0.164. The lowest BCUT2D eigenvalue weighted by atomic mass is 9.74. The standard InChI is InChI=1S/C31H34O6Si/c1-34-26-21-17-12-16-20(21)24(29(32)35-2)25(30(33)36-3)31(19-13-8-7-9-14-19)23-18-11-10-15-22(23)27(37-31)28(26)38(4,5)6/h7-11,13-15,18,20H,12,16-17H2,1-6H3/b25-24+,26-21+,28-27+/t20-,31-/m0/s1. The highest BCUT2D eigenvalue weighted by Crippen LogP contribution is 2.58. The van der Waals surface area contributed by atoms with Crippen molar-refractivity contribution in [1.82, 2.24) is 0 Å². The fraction of sp³-hybridized carbons (Fsp3) is 0.355. The summed E-state index contributed by atoms with van der Waals surface area (Å²) in [6, 6.07) is 17.5. The van der Waals surface area contributed by atoms with Crippen molar-refractivity contribution in [2.24, 2.45) is 5.92 Å². The van der Waals surface area contributed by atoms with Gasteiger partial charge < -0.3 is 18.9 Å². The molecule has 5 rings (SSSR count). The van der Waals surface area contributed by atoms with E-state index in [0.717, 1.165) is 46.1 Å². The fourth-order valence-corrected chi connectivity index (χ4v) is 8.15. The van der Waals surface area contributed by atoms with Crippen molar-refractivity contribution in [3.63, 3.8) is 0 Å². The zero-order valence-electron chi connectivity index (χ0n) is 22.8. The molecule has 2 aliphatic heterocycles. The van der Waals surface area contributed by atoms with Crippen LogP contribution in [0.15, 0.2) is 82.3 Å². The van der Waals surface area contributed by atoms with Gasteiger partial charge in [0.2, 0.25) is 0 Å². The lowest BCUT2D eigenvalue weighted by Gasteiger charge is -2.34. The van der Waals surface area contributed by atoms with E-state index in [-0.39, 0.29) is 17.1 Å². The zero-order valence-corrected chi connectivity index (χ0v) is 23.8. The van der Waals surface area contributed by atoms with Gasteiger partial charge in [0, 0.05) is 27.8 Å². The van der Waals surface area contributed by atoms with Crippen LogP contribution in [-0.2, 0) is 34.1 Å². The highest BCUT2D eigenvalue weighted by Gasteiger charge is 2.56. The lowest BCUT2D eigenvalue weighted by molar-refractivity contribution is -0.141. The van der Waals surface area contributed by atoms with Crippen LogP contribution < -0.4 is 0 Å². The van der Waals surface area contributed by atoms with Gasteiger partial charge in [0.1, 0.15) is 17.1 Å². The molecule has 38 heavy (non-hydrogen) atoms. The predicted octanol–water partition coefficient (Wildman–Crippen LogP) is 5.91. The molecule has 2 atom stereocenters. The number of carbonyl (C=O) groups excluding carboxylic acids is 2. The first-order valence-electron chi connectivity index (χ1n) is 13.0. The quantitative estimate of drug-likeness (QED) is 0.354. The number of hydrogen-bond acceptors (Lipinski definition) is 6. The minimum Gasteiger partial charge on any atom is -0.497 e. The maximum Gasteiger partial charge on any atom is 0.339 e. The molecule has 2 aromatic rings. The molecule has 6 nitrogen and oxygen atoms in total. The third kappa shape index (κ3) is 3.75. The van der Waals surface area contributed by atoms with Crippen LogP contribution >= 0.6 is 0 Å². The van der Waals surface area contributed by atoms with Crippen LogP contribution in [0.1, 0.15) is 36.0 Å². The van der Waals surface area contributed by atoms with Gasteiger partial charge in [-0.15, -0.1) is 0 Å². The van der Waals surface area contributed by atoms with E-state index in [1.165, 1.54) is 14.2 Å². The molecule has 198 valence electrons. The molecular formula is C31H34O6Si. The van der Waals surface area contributed by atoms with Crippen molar-refractivity contribution in [2.75, 3.05) is 21.3 Å². The molecule has 0 radical (unpaired) electrons. The second-order valence-electron chi connectivity index (χ2n) is 10.9. The second-order valence-corrected chi connectivity index (χ2v) is 15.9. The molecule has 0 spiro atoms. The molecule has 0 unspecified atom stereocenters. The van der Waals surface area contributed by atoms with Gasteiger partial charge in [-0.25, -0.2) is 9.59 Å². The first kappa shape index (κ1) is 26.0. The molecule has 1 saturated carbocycles. The molecular weight excluding hydrogens is 496 g/mol. The number of methoxy groups -OCH3 is 3.